The van der Waals surface area contributed by atoms with Gasteiger partial charge < -0.3 is 11.1 Å². The number of amides is 1. The van der Waals surface area contributed by atoms with Crippen LogP contribution in [0.25, 0.3) is 0 Å². The molecule has 0 spiro atoms. The van der Waals surface area contributed by atoms with E-state index in [4.69, 9.17) is 5.73 Å². The Hall–Kier alpha value is -1.56. The summed E-state index contributed by atoms with van der Waals surface area (Å²) in [5.74, 6) is -0.549. The van der Waals surface area contributed by atoms with Gasteiger partial charge in [-0.15, -0.1) is 0 Å². The largest absolute Gasteiger partial charge is 0.416 e. The van der Waals surface area contributed by atoms with Crippen LogP contribution in [0, 0.1) is 5.92 Å². The molecule has 0 bridgehead atoms. The summed E-state index contributed by atoms with van der Waals surface area (Å²) in [5, 5.41) is 2.71. The lowest BCUT2D eigenvalue weighted by atomic mass is 9.98. The molecule has 3 nitrogen and oxygen atoms in total. The molecular weight excluding hydrogens is 269 g/mol. The highest BCUT2D eigenvalue weighted by Gasteiger charge is 2.30. The average molecular weight is 288 g/mol. The molecule has 0 saturated heterocycles. The van der Waals surface area contributed by atoms with E-state index in [0.717, 1.165) is 12.1 Å². The van der Waals surface area contributed by atoms with E-state index in [1.807, 2.05) is 0 Å². The Morgan fingerprint density at radius 1 is 1.40 bits per heavy atom. The van der Waals surface area contributed by atoms with E-state index < -0.39 is 11.7 Å². The average Bonchev–Trinajstić information content (AvgIpc) is 2.38. The van der Waals surface area contributed by atoms with Gasteiger partial charge in [0.1, 0.15) is 0 Å². The fourth-order valence-corrected chi connectivity index (χ4v) is 1.81. The number of halogens is 3. The quantitative estimate of drug-likeness (QED) is 0.789. The van der Waals surface area contributed by atoms with Crippen molar-refractivity contribution in [1.82, 2.24) is 5.32 Å². The summed E-state index contributed by atoms with van der Waals surface area (Å²) in [4.78, 5) is 11.7. The van der Waals surface area contributed by atoms with Gasteiger partial charge in [0.25, 0.3) is 0 Å². The van der Waals surface area contributed by atoms with E-state index in [0.29, 0.717) is 25.1 Å². The summed E-state index contributed by atoms with van der Waals surface area (Å²) < 4.78 is 37.7. The van der Waals surface area contributed by atoms with Gasteiger partial charge in [-0.25, -0.2) is 0 Å². The molecule has 0 aliphatic carbocycles. The number of hydrogen-bond acceptors (Lipinski definition) is 2. The summed E-state index contributed by atoms with van der Waals surface area (Å²) in [6, 6.07) is 5.06. The molecule has 0 aromatic heterocycles. The third-order valence-corrected chi connectivity index (χ3v) is 2.92. The van der Waals surface area contributed by atoms with Crippen LogP contribution in [0.5, 0.6) is 0 Å². The van der Waals surface area contributed by atoms with Crippen LogP contribution in [0.15, 0.2) is 24.3 Å². The first-order valence-corrected chi connectivity index (χ1v) is 6.48. The topological polar surface area (TPSA) is 55.1 Å². The Labute approximate surface area is 116 Å². The van der Waals surface area contributed by atoms with Crippen LogP contribution in [0.4, 0.5) is 13.2 Å². The fraction of sp³-hybridized carbons (Fsp3) is 0.500. The number of rotatable bonds is 6. The van der Waals surface area contributed by atoms with Gasteiger partial charge in [-0.2, -0.15) is 13.2 Å². The predicted molar refractivity (Wildman–Crippen MR) is 71.0 cm³/mol. The number of carbonyl (C=O) groups is 1. The Bertz CT molecular complexity index is 446. The molecule has 0 fully saturated rings. The Morgan fingerprint density at radius 3 is 2.70 bits per heavy atom. The molecule has 20 heavy (non-hydrogen) atoms. The summed E-state index contributed by atoms with van der Waals surface area (Å²) in [5.41, 5.74) is 5.13. The van der Waals surface area contributed by atoms with Gasteiger partial charge in [-0.3, -0.25) is 4.79 Å². The normalized spacial score (nSPS) is 13.1. The molecule has 0 aliphatic rings. The molecular formula is C14H19F3N2O. The van der Waals surface area contributed by atoms with Crippen molar-refractivity contribution in [3.63, 3.8) is 0 Å². The second-order valence-electron chi connectivity index (χ2n) is 4.74. The molecule has 3 N–H and O–H groups in total. The second kappa shape index (κ2) is 7.28. The van der Waals surface area contributed by atoms with Crippen LogP contribution in [0.3, 0.4) is 0 Å². The van der Waals surface area contributed by atoms with E-state index >= 15 is 0 Å². The van der Waals surface area contributed by atoms with Gasteiger partial charge in [0.15, 0.2) is 0 Å². The van der Waals surface area contributed by atoms with Crippen LogP contribution in [0.1, 0.15) is 24.5 Å². The third kappa shape index (κ3) is 5.21. The zero-order chi connectivity index (χ0) is 15.2. The first-order chi connectivity index (χ1) is 9.34. The SMILES string of the molecule is CC(Cc1cccc(C(F)(F)F)c1)C(=O)NCCCN. The molecule has 1 rings (SSSR count). The molecule has 0 aliphatic heterocycles. The Balaban J connectivity index is 2.62. The first kappa shape index (κ1) is 16.5. The van der Waals surface area contributed by atoms with Gasteiger partial charge in [-0.1, -0.05) is 25.1 Å². The molecule has 1 aromatic rings. The maximum atomic E-state index is 12.6. The Kier molecular flexibility index (Phi) is 6.01. The van der Waals surface area contributed by atoms with E-state index in [1.165, 1.54) is 6.07 Å². The van der Waals surface area contributed by atoms with Crippen molar-refractivity contribution in [2.24, 2.45) is 11.7 Å². The van der Waals surface area contributed by atoms with Crippen LogP contribution in [-0.2, 0) is 17.4 Å². The van der Waals surface area contributed by atoms with Crippen LogP contribution < -0.4 is 11.1 Å². The van der Waals surface area contributed by atoms with Crippen molar-refractivity contribution in [3.8, 4) is 0 Å². The van der Waals surface area contributed by atoms with Crippen molar-refractivity contribution in [2.75, 3.05) is 13.1 Å². The van der Waals surface area contributed by atoms with Crippen LogP contribution in [-0.4, -0.2) is 19.0 Å². The van der Waals surface area contributed by atoms with E-state index in [1.54, 1.807) is 13.0 Å². The highest BCUT2D eigenvalue weighted by Crippen LogP contribution is 2.29. The lowest BCUT2D eigenvalue weighted by Crippen LogP contribution is -2.31. The zero-order valence-corrected chi connectivity index (χ0v) is 11.3. The molecule has 0 radical (unpaired) electrons. The van der Waals surface area contributed by atoms with Crippen molar-refractivity contribution in [2.45, 2.75) is 25.9 Å². The van der Waals surface area contributed by atoms with Crippen LogP contribution in [0.2, 0.25) is 0 Å². The third-order valence-electron chi connectivity index (χ3n) is 2.92. The highest BCUT2D eigenvalue weighted by atomic mass is 19.4. The smallest absolute Gasteiger partial charge is 0.356 e. The molecule has 0 heterocycles. The fourth-order valence-electron chi connectivity index (χ4n) is 1.81. The van der Waals surface area contributed by atoms with E-state index in [-0.39, 0.29) is 18.2 Å². The lowest BCUT2D eigenvalue weighted by Gasteiger charge is -2.13. The summed E-state index contributed by atoms with van der Waals surface area (Å²) >= 11 is 0. The van der Waals surface area contributed by atoms with Gasteiger partial charge in [0, 0.05) is 12.5 Å². The monoisotopic (exact) mass is 288 g/mol. The molecule has 1 amide bonds. The number of nitrogens with one attached hydrogen (secondary N) is 1. The first-order valence-electron chi connectivity index (χ1n) is 6.48. The second-order valence-corrected chi connectivity index (χ2v) is 4.74. The molecule has 6 heteroatoms. The van der Waals surface area contributed by atoms with Crippen LogP contribution >= 0.6 is 0 Å². The molecule has 112 valence electrons. The van der Waals surface area contributed by atoms with Crippen molar-refractivity contribution >= 4 is 5.91 Å². The lowest BCUT2D eigenvalue weighted by molar-refractivity contribution is -0.137. The predicted octanol–water partition coefficient (Wildman–Crippen LogP) is 2.35. The van der Waals surface area contributed by atoms with Gasteiger partial charge >= 0.3 is 6.18 Å². The molecule has 1 unspecified atom stereocenters. The maximum absolute atomic E-state index is 12.6. The van der Waals surface area contributed by atoms with Crippen molar-refractivity contribution in [1.29, 1.82) is 0 Å². The summed E-state index contributed by atoms with van der Waals surface area (Å²) in [6.45, 7) is 2.67. The number of hydrogen-bond donors (Lipinski definition) is 2. The summed E-state index contributed by atoms with van der Waals surface area (Å²) in [6.07, 6.45) is -3.40. The van der Waals surface area contributed by atoms with Gasteiger partial charge in [0.2, 0.25) is 5.91 Å². The number of nitrogens with two attached hydrogens (primary N) is 1. The number of benzene rings is 1. The van der Waals surface area contributed by atoms with E-state index in [2.05, 4.69) is 5.32 Å². The minimum atomic E-state index is -4.36. The van der Waals surface area contributed by atoms with Gasteiger partial charge in [0.05, 0.1) is 5.56 Å². The zero-order valence-electron chi connectivity index (χ0n) is 11.3. The molecule has 0 saturated carbocycles. The standard InChI is InChI=1S/C14H19F3N2O/c1-10(13(20)19-7-3-6-18)8-11-4-2-5-12(9-11)14(15,16)17/h2,4-5,9-10H,3,6-8,18H2,1H3,(H,19,20). The highest BCUT2D eigenvalue weighted by molar-refractivity contribution is 5.78. The van der Waals surface area contributed by atoms with Gasteiger partial charge in [-0.05, 0) is 31.0 Å². The Morgan fingerprint density at radius 2 is 2.10 bits per heavy atom. The summed E-state index contributed by atoms with van der Waals surface area (Å²) in [7, 11) is 0. The molecule has 1 aromatic carbocycles. The maximum Gasteiger partial charge on any atom is 0.416 e. The number of alkyl halides is 3. The molecule has 1 atom stereocenters. The van der Waals surface area contributed by atoms with Crippen molar-refractivity contribution < 1.29 is 18.0 Å². The van der Waals surface area contributed by atoms with E-state index in [9.17, 15) is 18.0 Å². The number of carbonyl (C=O) groups excluding carboxylic acids is 1. The minimum Gasteiger partial charge on any atom is -0.356 e. The minimum absolute atomic E-state index is 0.170. The van der Waals surface area contributed by atoms with Crippen molar-refractivity contribution in [3.05, 3.63) is 35.4 Å².